The third-order valence-corrected chi connectivity index (χ3v) is 4.88. The normalized spacial score (nSPS) is 23.6. The van der Waals surface area contributed by atoms with Crippen molar-refractivity contribution in [3.05, 3.63) is 23.8 Å². The summed E-state index contributed by atoms with van der Waals surface area (Å²) in [6.45, 7) is 0. The van der Waals surface area contributed by atoms with E-state index < -0.39 is 11.7 Å². The average Bonchev–Trinajstić information content (AvgIpc) is 2.40. The highest BCUT2D eigenvalue weighted by atomic mass is 32.2. The number of halogens is 3. The number of anilines is 2. The SMILES string of the molecule is CSC1CCC(Nc2ccc(N)c(C(F)(F)F)c2)CC1. The van der Waals surface area contributed by atoms with E-state index in [1.165, 1.54) is 6.07 Å². The molecule has 1 aliphatic carbocycles. The molecule has 112 valence electrons. The van der Waals surface area contributed by atoms with Gasteiger partial charge in [0.05, 0.1) is 5.56 Å². The van der Waals surface area contributed by atoms with Crippen LogP contribution in [0.15, 0.2) is 18.2 Å². The Labute approximate surface area is 121 Å². The molecule has 1 aromatic carbocycles. The van der Waals surface area contributed by atoms with Gasteiger partial charge in [-0.2, -0.15) is 24.9 Å². The number of hydrogen-bond acceptors (Lipinski definition) is 3. The molecule has 1 aliphatic rings. The van der Waals surface area contributed by atoms with Crippen molar-refractivity contribution in [2.24, 2.45) is 0 Å². The topological polar surface area (TPSA) is 38.0 Å². The summed E-state index contributed by atoms with van der Waals surface area (Å²) in [4.78, 5) is 0. The van der Waals surface area contributed by atoms with Gasteiger partial charge in [0, 0.05) is 22.7 Å². The molecule has 0 aromatic heterocycles. The molecule has 2 rings (SSSR count). The zero-order valence-corrected chi connectivity index (χ0v) is 12.2. The smallest absolute Gasteiger partial charge is 0.398 e. The fourth-order valence-electron chi connectivity index (χ4n) is 2.57. The Morgan fingerprint density at radius 2 is 1.85 bits per heavy atom. The van der Waals surface area contributed by atoms with Gasteiger partial charge in [0.2, 0.25) is 0 Å². The first-order valence-electron chi connectivity index (χ1n) is 6.66. The second-order valence-corrected chi connectivity index (χ2v) is 6.29. The number of benzene rings is 1. The van der Waals surface area contributed by atoms with E-state index in [9.17, 15) is 13.2 Å². The van der Waals surface area contributed by atoms with Crippen LogP contribution >= 0.6 is 11.8 Å². The lowest BCUT2D eigenvalue weighted by molar-refractivity contribution is -0.136. The van der Waals surface area contributed by atoms with E-state index in [0.717, 1.165) is 31.7 Å². The lowest BCUT2D eigenvalue weighted by atomic mass is 9.94. The zero-order chi connectivity index (χ0) is 14.8. The average molecular weight is 304 g/mol. The Morgan fingerprint density at radius 3 is 2.40 bits per heavy atom. The molecular formula is C14H19F3N2S. The molecule has 0 spiro atoms. The fourth-order valence-corrected chi connectivity index (χ4v) is 3.31. The molecule has 1 fully saturated rings. The minimum atomic E-state index is -4.40. The molecule has 0 unspecified atom stereocenters. The van der Waals surface area contributed by atoms with Gasteiger partial charge in [-0.05, 0) is 50.1 Å². The van der Waals surface area contributed by atoms with Crippen LogP contribution < -0.4 is 11.1 Å². The molecule has 20 heavy (non-hydrogen) atoms. The van der Waals surface area contributed by atoms with Crippen molar-refractivity contribution < 1.29 is 13.2 Å². The Balaban J connectivity index is 2.04. The first-order valence-corrected chi connectivity index (χ1v) is 7.95. The Kier molecular flexibility index (Phi) is 4.73. The monoisotopic (exact) mass is 304 g/mol. The van der Waals surface area contributed by atoms with Gasteiger partial charge in [-0.15, -0.1) is 0 Å². The fraction of sp³-hybridized carbons (Fsp3) is 0.571. The predicted octanol–water partition coefficient (Wildman–Crippen LogP) is 4.37. The molecule has 2 nitrogen and oxygen atoms in total. The Hall–Kier alpha value is -1.04. The van der Waals surface area contributed by atoms with Gasteiger partial charge >= 0.3 is 6.18 Å². The van der Waals surface area contributed by atoms with Crippen molar-refractivity contribution in [2.45, 2.75) is 43.2 Å². The number of nitrogen functional groups attached to an aromatic ring is 1. The summed E-state index contributed by atoms with van der Waals surface area (Å²) in [6, 6.07) is 4.29. The molecule has 0 amide bonds. The molecule has 1 saturated carbocycles. The molecule has 0 heterocycles. The summed E-state index contributed by atoms with van der Waals surface area (Å²) >= 11 is 1.87. The number of thioether (sulfide) groups is 1. The molecule has 3 N–H and O–H groups in total. The van der Waals surface area contributed by atoms with Crippen LogP contribution in [0.3, 0.4) is 0 Å². The van der Waals surface area contributed by atoms with Gasteiger partial charge in [-0.3, -0.25) is 0 Å². The van der Waals surface area contributed by atoms with E-state index in [1.807, 2.05) is 11.8 Å². The largest absolute Gasteiger partial charge is 0.418 e. The third kappa shape index (κ3) is 3.75. The molecule has 1 aromatic rings. The van der Waals surface area contributed by atoms with Crippen LogP contribution in [0.1, 0.15) is 31.2 Å². The lowest BCUT2D eigenvalue weighted by Crippen LogP contribution is -2.27. The molecular weight excluding hydrogens is 285 g/mol. The van der Waals surface area contributed by atoms with E-state index in [4.69, 9.17) is 5.73 Å². The number of hydrogen-bond donors (Lipinski definition) is 2. The summed E-state index contributed by atoms with van der Waals surface area (Å²) < 4.78 is 38.4. The summed E-state index contributed by atoms with van der Waals surface area (Å²) in [7, 11) is 0. The van der Waals surface area contributed by atoms with E-state index in [2.05, 4.69) is 11.6 Å². The van der Waals surface area contributed by atoms with Gasteiger partial charge in [0.1, 0.15) is 0 Å². The van der Waals surface area contributed by atoms with Crippen molar-refractivity contribution in [3.8, 4) is 0 Å². The van der Waals surface area contributed by atoms with Crippen LogP contribution in [0.5, 0.6) is 0 Å². The van der Waals surface area contributed by atoms with Crippen molar-refractivity contribution >= 4 is 23.1 Å². The predicted molar refractivity (Wildman–Crippen MR) is 79.0 cm³/mol. The summed E-state index contributed by atoms with van der Waals surface area (Å²) in [5.74, 6) is 0. The first kappa shape index (κ1) is 15.4. The van der Waals surface area contributed by atoms with Gasteiger partial charge < -0.3 is 11.1 Å². The summed E-state index contributed by atoms with van der Waals surface area (Å²) in [6.07, 6.45) is 1.92. The Bertz CT molecular complexity index is 454. The molecule has 0 aliphatic heterocycles. The van der Waals surface area contributed by atoms with Crippen LogP contribution in [0.4, 0.5) is 24.5 Å². The van der Waals surface area contributed by atoms with Crippen molar-refractivity contribution in [1.29, 1.82) is 0 Å². The van der Waals surface area contributed by atoms with Gasteiger partial charge in [0.15, 0.2) is 0 Å². The van der Waals surface area contributed by atoms with Gasteiger partial charge in [0.25, 0.3) is 0 Å². The first-order chi connectivity index (χ1) is 9.40. The highest BCUT2D eigenvalue weighted by molar-refractivity contribution is 7.99. The quantitative estimate of drug-likeness (QED) is 0.814. The van der Waals surface area contributed by atoms with E-state index >= 15 is 0 Å². The summed E-state index contributed by atoms with van der Waals surface area (Å²) in [5, 5.41) is 3.89. The highest BCUT2D eigenvalue weighted by Gasteiger charge is 2.33. The molecule has 0 atom stereocenters. The number of rotatable bonds is 3. The minimum Gasteiger partial charge on any atom is -0.398 e. The highest BCUT2D eigenvalue weighted by Crippen LogP contribution is 2.36. The van der Waals surface area contributed by atoms with E-state index in [1.54, 1.807) is 6.07 Å². The van der Waals surface area contributed by atoms with Crippen LogP contribution in [0.2, 0.25) is 0 Å². The molecule has 0 saturated heterocycles. The van der Waals surface area contributed by atoms with Crippen molar-refractivity contribution in [3.63, 3.8) is 0 Å². The molecule has 0 bridgehead atoms. The maximum absolute atomic E-state index is 12.8. The van der Waals surface area contributed by atoms with Crippen LogP contribution in [-0.2, 0) is 6.18 Å². The Morgan fingerprint density at radius 1 is 1.20 bits per heavy atom. The van der Waals surface area contributed by atoms with Crippen molar-refractivity contribution in [1.82, 2.24) is 0 Å². The number of nitrogens with two attached hydrogens (primary N) is 1. The summed E-state index contributed by atoms with van der Waals surface area (Å²) in [5.41, 5.74) is 4.90. The van der Waals surface area contributed by atoms with Gasteiger partial charge in [-0.1, -0.05) is 0 Å². The maximum atomic E-state index is 12.8. The second kappa shape index (κ2) is 6.16. The lowest BCUT2D eigenvalue weighted by Gasteiger charge is -2.29. The standard InChI is InChI=1S/C14H19F3N2S/c1-20-11-5-2-9(3-6-11)19-10-4-7-13(18)12(8-10)14(15,16)17/h4,7-9,11,19H,2-3,5-6,18H2,1H3. The van der Waals surface area contributed by atoms with Crippen LogP contribution in [0, 0.1) is 0 Å². The van der Waals surface area contributed by atoms with Crippen molar-refractivity contribution in [2.75, 3.05) is 17.3 Å². The van der Waals surface area contributed by atoms with E-state index in [0.29, 0.717) is 10.9 Å². The second-order valence-electron chi connectivity index (χ2n) is 5.15. The van der Waals surface area contributed by atoms with E-state index in [-0.39, 0.29) is 11.7 Å². The van der Waals surface area contributed by atoms with Crippen LogP contribution in [0.25, 0.3) is 0 Å². The maximum Gasteiger partial charge on any atom is 0.418 e. The minimum absolute atomic E-state index is 0.228. The molecule has 0 radical (unpaired) electrons. The zero-order valence-electron chi connectivity index (χ0n) is 11.3. The van der Waals surface area contributed by atoms with Gasteiger partial charge in [-0.25, -0.2) is 0 Å². The third-order valence-electron chi connectivity index (χ3n) is 3.74. The number of nitrogens with one attached hydrogen (secondary N) is 1. The van der Waals surface area contributed by atoms with Crippen LogP contribution in [-0.4, -0.2) is 17.5 Å². The molecule has 6 heteroatoms. The number of alkyl halides is 3.